The SMILES string of the molecule is Cc1cc(CC(F)(F)CN)cc(Cl)n1. The normalized spacial score (nSPS) is 11.8. The molecule has 0 saturated carbocycles. The molecule has 0 aliphatic heterocycles. The lowest BCUT2D eigenvalue weighted by Gasteiger charge is -2.13. The first-order chi connectivity index (χ1) is 6.43. The third-order valence-corrected chi connectivity index (χ3v) is 1.94. The smallest absolute Gasteiger partial charge is 0.264 e. The third kappa shape index (κ3) is 3.20. The summed E-state index contributed by atoms with van der Waals surface area (Å²) in [4.78, 5) is 3.88. The highest BCUT2D eigenvalue weighted by molar-refractivity contribution is 6.29. The van der Waals surface area contributed by atoms with Gasteiger partial charge in [0.05, 0.1) is 6.54 Å². The number of aromatic nitrogens is 1. The average molecular weight is 221 g/mol. The Labute approximate surface area is 86.1 Å². The second-order valence-corrected chi connectivity index (χ2v) is 3.56. The average Bonchev–Trinajstić information content (AvgIpc) is 2.01. The maximum Gasteiger partial charge on any atom is 0.264 e. The molecule has 2 N–H and O–H groups in total. The molecule has 1 aromatic heterocycles. The second-order valence-electron chi connectivity index (χ2n) is 3.18. The molecule has 0 saturated heterocycles. The maximum absolute atomic E-state index is 12.9. The van der Waals surface area contributed by atoms with Crippen LogP contribution in [0.2, 0.25) is 5.15 Å². The summed E-state index contributed by atoms with van der Waals surface area (Å²) >= 11 is 5.63. The van der Waals surface area contributed by atoms with Crippen molar-refractivity contribution < 1.29 is 8.78 Å². The van der Waals surface area contributed by atoms with E-state index in [1.165, 1.54) is 6.07 Å². The van der Waals surface area contributed by atoms with Crippen LogP contribution in [0.1, 0.15) is 11.3 Å². The summed E-state index contributed by atoms with van der Waals surface area (Å²) in [5.74, 6) is -2.88. The molecule has 2 nitrogen and oxygen atoms in total. The molecule has 0 unspecified atom stereocenters. The number of halogens is 3. The number of aryl methyl sites for hydroxylation is 1. The number of nitrogens with two attached hydrogens (primary N) is 1. The molecule has 78 valence electrons. The van der Waals surface area contributed by atoms with Crippen LogP contribution in [0.3, 0.4) is 0 Å². The van der Waals surface area contributed by atoms with Crippen molar-refractivity contribution in [1.82, 2.24) is 4.98 Å². The highest BCUT2D eigenvalue weighted by Gasteiger charge is 2.27. The zero-order valence-corrected chi connectivity index (χ0v) is 8.48. The Balaban J connectivity index is 2.87. The lowest BCUT2D eigenvalue weighted by molar-refractivity contribution is 0.0115. The van der Waals surface area contributed by atoms with Gasteiger partial charge >= 0.3 is 0 Å². The van der Waals surface area contributed by atoms with E-state index in [2.05, 4.69) is 4.98 Å². The van der Waals surface area contributed by atoms with Gasteiger partial charge in [-0.2, -0.15) is 0 Å². The van der Waals surface area contributed by atoms with Crippen LogP contribution in [-0.4, -0.2) is 17.5 Å². The Bertz CT molecular complexity index is 308. The van der Waals surface area contributed by atoms with Crippen LogP contribution in [-0.2, 0) is 6.42 Å². The van der Waals surface area contributed by atoms with Gasteiger partial charge in [0.1, 0.15) is 5.15 Å². The van der Waals surface area contributed by atoms with Crippen LogP contribution in [0.4, 0.5) is 8.78 Å². The molecule has 5 heteroatoms. The van der Waals surface area contributed by atoms with E-state index in [1.54, 1.807) is 13.0 Å². The highest BCUT2D eigenvalue weighted by atomic mass is 35.5. The number of hydrogen-bond donors (Lipinski definition) is 1. The molecule has 1 rings (SSSR count). The minimum Gasteiger partial charge on any atom is -0.325 e. The van der Waals surface area contributed by atoms with Crippen molar-refractivity contribution in [3.63, 3.8) is 0 Å². The predicted octanol–water partition coefficient (Wildman–Crippen LogP) is 2.18. The summed E-state index contributed by atoms with van der Waals surface area (Å²) in [6, 6.07) is 3.01. The van der Waals surface area contributed by atoms with Crippen molar-refractivity contribution in [2.45, 2.75) is 19.3 Å². The molecule has 0 aliphatic carbocycles. The van der Waals surface area contributed by atoms with Crippen molar-refractivity contribution in [2.24, 2.45) is 5.73 Å². The van der Waals surface area contributed by atoms with Crippen LogP contribution >= 0.6 is 11.6 Å². The van der Waals surface area contributed by atoms with E-state index in [4.69, 9.17) is 17.3 Å². The standard InChI is InChI=1S/C9H11ClF2N2/c1-6-2-7(3-8(10)14-6)4-9(11,12)5-13/h2-3H,4-5,13H2,1H3. The Hall–Kier alpha value is -0.740. The molecule has 0 aromatic carbocycles. The van der Waals surface area contributed by atoms with Crippen molar-refractivity contribution in [2.75, 3.05) is 6.54 Å². The largest absolute Gasteiger partial charge is 0.325 e. The third-order valence-electron chi connectivity index (χ3n) is 1.74. The molecule has 0 atom stereocenters. The van der Waals surface area contributed by atoms with Crippen molar-refractivity contribution in [1.29, 1.82) is 0 Å². The fourth-order valence-electron chi connectivity index (χ4n) is 1.17. The second kappa shape index (κ2) is 4.19. The van der Waals surface area contributed by atoms with Crippen molar-refractivity contribution in [3.8, 4) is 0 Å². The molecule has 14 heavy (non-hydrogen) atoms. The van der Waals surface area contributed by atoms with E-state index in [-0.39, 0.29) is 5.15 Å². The fourth-order valence-corrected chi connectivity index (χ4v) is 1.44. The van der Waals surface area contributed by atoms with Crippen LogP contribution in [0.25, 0.3) is 0 Å². The van der Waals surface area contributed by atoms with E-state index in [0.717, 1.165) is 0 Å². The summed E-state index contributed by atoms with van der Waals surface area (Å²) in [5.41, 5.74) is 6.01. The Morgan fingerprint density at radius 2 is 2.14 bits per heavy atom. The summed E-state index contributed by atoms with van der Waals surface area (Å²) in [6.07, 6.45) is -0.396. The number of hydrogen-bond acceptors (Lipinski definition) is 2. The van der Waals surface area contributed by atoms with Gasteiger partial charge in [-0.1, -0.05) is 11.6 Å². The number of pyridine rings is 1. The molecule has 1 aromatic rings. The summed E-state index contributed by atoms with van der Waals surface area (Å²) in [7, 11) is 0. The first-order valence-corrected chi connectivity index (χ1v) is 4.52. The monoisotopic (exact) mass is 220 g/mol. The van der Waals surface area contributed by atoms with E-state index in [9.17, 15) is 8.78 Å². The first kappa shape index (κ1) is 11.3. The van der Waals surface area contributed by atoms with Gasteiger partial charge in [0.25, 0.3) is 5.92 Å². The summed E-state index contributed by atoms with van der Waals surface area (Å²) in [6.45, 7) is 1.04. The van der Waals surface area contributed by atoms with Gasteiger partial charge in [-0.3, -0.25) is 0 Å². The van der Waals surface area contributed by atoms with E-state index in [1.807, 2.05) is 0 Å². The Morgan fingerprint density at radius 3 is 2.64 bits per heavy atom. The molecular formula is C9H11ClF2N2. The summed E-state index contributed by atoms with van der Waals surface area (Å²) < 4.78 is 25.8. The van der Waals surface area contributed by atoms with Crippen LogP contribution in [0.15, 0.2) is 12.1 Å². The number of nitrogens with zero attached hydrogens (tertiary/aromatic N) is 1. The number of rotatable bonds is 3. The van der Waals surface area contributed by atoms with Gasteiger partial charge in [-0.05, 0) is 24.6 Å². The molecule has 0 fully saturated rings. The van der Waals surface area contributed by atoms with E-state index < -0.39 is 18.9 Å². The van der Waals surface area contributed by atoms with Crippen LogP contribution < -0.4 is 5.73 Å². The van der Waals surface area contributed by atoms with Gasteiger partial charge in [-0.15, -0.1) is 0 Å². The van der Waals surface area contributed by atoms with Gasteiger partial charge in [-0.25, -0.2) is 13.8 Å². The highest BCUT2D eigenvalue weighted by Crippen LogP contribution is 2.20. The van der Waals surface area contributed by atoms with Gasteiger partial charge in [0.2, 0.25) is 0 Å². The van der Waals surface area contributed by atoms with Crippen LogP contribution in [0.5, 0.6) is 0 Å². The first-order valence-electron chi connectivity index (χ1n) is 4.14. The van der Waals surface area contributed by atoms with Crippen LogP contribution in [0, 0.1) is 6.92 Å². The lowest BCUT2D eigenvalue weighted by Crippen LogP contribution is -2.30. The molecule has 0 spiro atoms. The lowest BCUT2D eigenvalue weighted by atomic mass is 10.1. The molecule has 0 bridgehead atoms. The zero-order chi connectivity index (χ0) is 10.8. The van der Waals surface area contributed by atoms with Gasteiger partial charge in [0.15, 0.2) is 0 Å². The Morgan fingerprint density at radius 1 is 1.50 bits per heavy atom. The maximum atomic E-state index is 12.9. The van der Waals surface area contributed by atoms with Gasteiger partial charge in [0, 0.05) is 12.1 Å². The summed E-state index contributed by atoms with van der Waals surface area (Å²) in [5, 5.41) is 0.229. The number of alkyl halides is 2. The predicted molar refractivity (Wildman–Crippen MR) is 51.7 cm³/mol. The fraction of sp³-hybridized carbons (Fsp3) is 0.444. The van der Waals surface area contributed by atoms with Crippen molar-refractivity contribution >= 4 is 11.6 Å². The quantitative estimate of drug-likeness (QED) is 0.793. The molecular weight excluding hydrogens is 210 g/mol. The minimum absolute atomic E-state index is 0.229. The molecule has 0 aliphatic rings. The van der Waals surface area contributed by atoms with E-state index >= 15 is 0 Å². The van der Waals surface area contributed by atoms with Gasteiger partial charge < -0.3 is 5.73 Å². The zero-order valence-electron chi connectivity index (χ0n) is 7.73. The Kier molecular flexibility index (Phi) is 3.39. The molecule has 0 radical (unpaired) electrons. The van der Waals surface area contributed by atoms with E-state index in [0.29, 0.717) is 11.3 Å². The minimum atomic E-state index is -2.88. The molecule has 0 amide bonds. The van der Waals surface area contributed by atoms with Crippen molar-refractivity contribution in [3.05, 3.63) is 28.5 Å². The molecule has 1 heterocycles. The topological polar surface area (TPSA) is 38.9 Å².